The zero-order valence-electron chi connectivity index (χ0n) is 15.6. The van der Waals surface area contributed by atoms with Crippen LogP contribution in [-0.2, 0) is 22.3 Å². The maximum absolute atomic E-state index is 12.7. The number of anilines is 1. The predicted molar refractivity (Wildman–Crippen MR) is 98.0 cm³/mol. The minimum atomic E-state index is -4.63. The van der Waals surface area contributed by atoms with Crippen molar-refractivity contribution in [1.82, 2.24) is 9.88 Å². The zero-order valence-corrected chi connectivity index (χ0v) is 15.6. The van der Waals surface area contributed by atoms with Gasteiger partial charge in [0, 0.05) is 18.0 Å². The number of alkyl halides is 3. The van der Waals surface area contributed by atoms with Crippen molar-refractivity contribution in [2.24, 2.45) is 0 Å². The van der Waals surface area contributed by atoms with Gasteiger partial charge in [0.1, 0.15) is 6.54 Å². The standard InChI is InChI=1S/C19H20F3N3O3/c1-11-6-12(2)18(13(3)7-11)24-15(26)8-23-16(27)10-25-9-14(19(20,21)22)4-5-17(25)28/h4-7,9H,8,10H2,1-3H3,(H,23,27)(H,24,26). The van der Waals surface area contributed by atoms with Crippen LogP contribution in [0.2, 0.25) is 0 Å². The van der Waals surface area contributed by atoms with Gasteiger partial charge in [0.25, 0.3) is 5.56 Å². The third kappa shape index (κ3) is 5.45. The summed E-state index contributed by atoms with van der Waals surface area (Å²) < 4.78 is 38.8. The van der Waals surface area contributed by atoms with Gasteiger partial charge in [0.15, 0.2) is 0 Å². The highest BCUT2D eigenvalue weighted by molar-refractivity contribution is 5.95. The molecule has 0 spiro atoms. The van der Waals surface area contributed by atoms with Gasteiger partial charge >= 0.3 is 6.18 Å². The summed E-state index contributed by atoms with van der Waals surface area (Å²) in [5.41, 5.74) is 1.63. The summed E-state index contributed by atoms with van der Waals surface area (Å²) in [5.74, 6) is -1.24. The van der Waals surface area contributed by atoms with E-state index in [4.69, 9.17) is 0 Å². The van der Waals surface area contributed by atoms with Crippen LogP contribution in [0.25, 0.3) is 0 Å². The van der Waals surface area contributed by atoms with Gasteiger partial charge in [-0.25, -0.2) is 0 Å². The Morgan fingerprint density at radius 1 is 1.04 bits per heavy atom. The summed E-state index contributed by atoms with van der Waals surface area (Å²) >= 11 is 0. The summed E-state index contributed by atoms with van der Waals surface area (Å²) in [6, 6.07) is 5.20. The summed E-state index contributed by atoms with van der Waals surface area (Å²) in [7, 11) is 0. The fourth-order valence-corrected chi connectivity index (χ4v) is 2.77. The number of halogens is 3. The maximum atomic E-state index is 12.7. The zero-order chi connectivity index (χ0) is 21.1. The lowest BCUT2D eigenvalue weighted by molar-refractivity contribution is -0.138. The second-order valence-electron chi connectivity index (χ2n) is 6.48. The van der Waals surface area contributed by atoms with Crippen molar-refractivity contribution in [3.8, 4) is 0 Å². The third-order valence-electron chi connectivity index (χ3n) is 4.01. The first-order valence-corrected chi connectivity index (χ1v) is 8.39. The monoisotopic (exact) mass is 395 g/mol. The molecule has 0 fully saturated rings. The quantitative estimate of drug-likeness (QED) is 0.817. The molecule has 0 aliphatic rings. The lowest BCUT2D eigenvalue weighted by Crippen LogP contribution is -2.37. The Labute approximate surface area is 159 Å². The van der Waals surface area contributed by atoms with Crippen LogP contribution in [0.1, 0.15) is 22.3 Å². The molecule has 0 unspecified atom stereocenters. The van der Waals surface area contributed by atoms with Gasteiger partial charge in [0.2, 0.25) is 11.8 Å². The Morgan fingerprint density at radius 2 is 1.64 bits per heavy atom. The highest BCUT2D eigenvalue weighted by atomic mass is 19.4. The van der Waals surface area contributed by atoms with Crippen LogP contribution in [0, 0.1) is 20.8 Å². The van der Waals surface area contributed by atoms with Crippen molar-refractivity contribution in [2.75, 3.05) is 11.9 Å². The van der Waals surface area contributed by atoms with Gasteiger partial charge in [-0.1, -0.05) is 17.7 Å². The van der Waals surface area contributed by atoms with Crippen molar-refractivity contribution >= 4 is 17.5 Å². The van der Waals surface area contributed by atoms with E-state index in [2.05, 4.69) is 10.6 Å². The van der Waals surface area contributed by atoms with Crippen LogP contribution in [0.4, 0.5) is 18.9 Å². The van der Waals surface area contributed by atoms with E-state index in [-0.39, 0.29) is 6.54 Å². The van der Waals surface area contributed by atoms with E-state index in [1.54, 1.807) is 0 Å². The van der Waals surface area contributed by atoms with Gasteiger partial charge < -0.3 is 15.2 Å². The van der Waals surface area contributed by atoms with Crippen molar-refractivity contribution in [3.05, 3.63) is 63.1 Å². The Kier molecular flexibility index (Phi) is 6.27. The number of amides is 2. The Morgan fingerprint density at radius 3 is 2.21 bits per heavy atom. The summed E-state index contributed by atoms with van der Waals surface area (Å²) in [5, 5.41) is 4.99. The molecule has 2 rings (SSSR count). The first kappa shape index (κ1) is 21.2. The number of carbonyl (C=O) groups is 2. The first-order chi connectivity index (χ1) is 13.0. The number of hydrogen-bond donors (Lipinski definition) is 2. The molecule has 28 heavy (non-hydrogen) atoms. The van der Waals surface area contributed by atoms with E-state index in [1.165, 1.54) is 0 Å². The van der Waals surface area contributed by atoms with Crippen LogP contribution >= 0.6 is 0 Å². The average molecular weight is 395 g/mol. The first-order valence-electron chi connectivity index (χ1n) is 8.39. The molecule has 0 aliphatic heterocycles. The number of carbonyl (C=O) groups excluding carboxylic acids is 2. The van der Waals surface area contributed by atoms with Crippen molar-refractivity contribution in [3.63, 3.8) is 0 Å². The third-order valence-corrected chi connectivity index (χ3v) is 4.01. The van der Waals surface area contributed by atoms with Crippen LogP contribution in [0.3, 0.4) is 0 Å². The number of nitrogens with zero attached hydrogens (tertiary/aromatic N) is 1. The molecule has 6 nitrogen and oxygen atoms in total. The molecule has 2 N–H and O–H groups in total. The average Bonchev–Trinajstić information content (AvgIpc) is 2.57. The van der Waals surface area contributed by atoms with Crippen LogP contribution in [0.15, 0.2) is 35.3 Å². The van der Waals surface area contributed by atoms with Crippen LogP contribution in [0.5, 0.6) is 0 Å². The molecule has 0 saturated carbocycles. The lowest BCUT2D eigenvalue weighted by Gasteiger charge is -2.14. The number of benzene rings is 1. The van der Waals surface area contributed by atoms with E-state index in [1.807, 2.05) is 32.9 Å². The molecule has 1 aromatic heterocycles. The van der Waals surface area contributed by atoms with Crippen LogP contribution in [-0.4, -0.2) is 22.9 Å². The van der Waals surface area contributed by atoms with Crippen molar-refractivity contribution < 1.29 is 22.8 Å². The summed E-state index contributed by atoms with van der Waals surface area (Å²) in [4.78, 5) is 35.6. The fraction of sp³-hybridized carbons (Fsp3) is 0.316. The van der Waals surface area contributed by atoms with Gasteiger partial charge in [-0.15, -0.1) is 0 Å². The maximum Gasteiger partial charge on any atom is 0.417 e. The Bertz CT molecular complexity index is 942. The second kappa shape index (κ2) is 8.28. The van der Waals surface area contributed by atoms with Crippen molar-refractivity contribution in [1.29, 1.82) is 0 Å². The second-order valence-corrected chi connectivity index (χ2v) is 6.48. The molecule has 2 amide bonds. The van der Waals surface area contributed by atoms with Crippen molar-refractivity contribution in [2.45, 2.75) is 33.5 Å². The molecule has 2 aromatic rings. The Hall–Kier alpha value is -3.10. The predicted octanol–water partition coefficient (Wildman–Crippen LogP) is 2.55. The molecule has 150 valence electrons. The molecule has 1 heterocycles. The highest BCUT2D eigenvalue weighted by Gasteiger charge is 2.31. The molecule has 0 aliphatic carbocycles. The SMILES string of the molecule is Cc1cc(C)c(NC(=O)CNC(=O)Cn2cc(C(F)(F)F)ccc2=O)c(C)c1. The van der Waals surface area contributed by atoms with Gasteiger partial charge in [-0.3, -0.25) is 14.4 Å². The van der Waals surface area contributed by atoms with E-state index >= 15 is 0 Å². The molecule has 0 saturated heterocycles. The molecule has 9 heteroatoms. The van der Waals surface area contributed by atoms with E-state index < -0.39 is 35.7 Å². The Balaban J connectivity index is 1.98. The topological polar surface area (TPSA) is 80.2 Å². The fourth-order valence-electron chi connectivity index (χ4n) is 2.77. The van der Waals surface area contributed by atoms with Gasteiger partial charge in [-0.05, 0) is 38.0 Å². The summed E-state index contributed by atoms with van der Waals surface area (Å²) in [6.07, 6.45) is -4.06. The largest absolute Gasteiger partial charge is 0.417 e. The number of rotatable bonds is 5. The number of aryl methyl sites for hydroxylation is 3. The van der Waals surface area contributed by atoms with E-state index in [9.17, 15) is 27.6 Å². The van der Waals surface area contributed by atoms with E-state index in [0.717, 1.165) is 22.8 Å². The van der Waals surface area contributed by atoms with Crippen LogP contribution < -0.4 is 16.2 Å². The lowest BCUT2D eigenvalue weighted by atomic mass is 10.1. The minimum absolute atomic E-state index is 0.376. The number of nitrogens with one attached hydrogen (secondary N) is 2. The molecule has 0 bridgehead atoms. The molecular formula is C19H20F3N3O3. The van der Waals surface area contributed by atoms with E-state index in [0.29, 0.717) is 22.5 Å². The van der Waals surface area contributed by atoms with Gasteiger partial charge in [-0.2, -0.15) is 13.2 Å². The molecular weight excluding hydrogens is 375 g/mol. The normalized spacial score (nSPS) is 11.2. The highest BCUT2D eigenvalue weighted by Crippen LogP contribution is 2.28. The number of pyridine rings is 1. The molecule has 0 atom stereocenters. The number of hydrogen-bond acceptors (Lipinski definition) is 3. The number of aromatic nitrogens is 1. The molecule has 0 radical (unpaired) electrons. The van der Waals surface area contributed by atoms with Gasteiger partial charge in [0.05, 0.1) is 12.1 Å². The minimum Gasteiger partial charge on any atom is -0.345 e. The summed E-state index contributed by atoms with van der Waals surface area (Å²) in [6.45, 7) is 4.61. The smallest absolute Gasteiger partial charge is 0.345 e. The molecule has 1 aromatic carbocycles.